The van der Waals surface area contributed by atoms with Crippen LogP contribution in [0.3, 0.4) is 0 Å². The van der Waals surface area contributed by atoms with Gasteiger partial charge >= 0.3 is 0 Å². The Morgan fingerprint density at radius 2 is 1.72 bits per heavy atom. The van der Waals surface area contributed by atoms with E-state index in [0.717, 1.165) is 16.6 Å². The molecule has 0 radical (unpaired) electrons. The molecular formula is C17H14F4N4. The Balaban J connectivity index is 1.58. The van der Waals surface area contributed by atoms with Gasteiger partial charge in [-0.2, -0.15) is 22.5 Å². The molecule has 130 valence electrons. The smallest absolute Gasteiger partial charge is 0.253 e. The number of nitrogens with zero attached hydrogens (tertiary/aromatic N) is 3. The molecule has 0 atom stereocenters. The van der Waals surface area contributed by atoms with Crippen LogP contribution < -0.4 is 4.90 Å². The summed E-state index contributed by atoms with van der Waals surface area (Å²) in [6.45, 7) is 0.572. The van der Waals surface area contributed by atoms with Crippen LogP contribution in [-0.4, -0.2) is 28.0 Å². The van der Waals surface area contributed by atoms with Crippen LogP contribution in [0.2, 0.25) is 0 Å². The molecule has 1 N–H and O–H groups in total. The van der Waals surface area contributed by atoms with Crippen molar-refractivity contribution in [3.63, 3.8) is 0 Å². The lowest BCUT2D eigenvalue weighted by Crippen LogP contribution is -2.34. The number of fused-ring (bicyclic) bond motifs is 1. The molecule has 0 amide bonds. The van der Waals surface area contributed by atoms with Crippen molar-refractivity contribution in [2.45, 2.75) is 18.8 Å². The van der Waals surface area contributed by atoms with Crippen LogP contribution in [0.15, 0.2) is 24.5 Å². The third-order valence-corrected chi connectivity index (χ3v) is 4.71. The number of pyridine rings is 2. The Hall–Kier alpha value is -2.64. The lowest BCUT2D eigenvalue weighted by Gasteiger charge is -2.33. The highest BCUT2D eigenvalue weighted by Crippen LogP contribution is 2.36. The molecule has 1 fully saturated rings. The molecule has 3 aromatic heterocycles. The van der Waals surface area contributed by atoms with Gasteiger partial charge in [-0.15, -0.1) is 0 Å². The zero-order chi connectivity index (χ0) is 17.6. The molecule has 1 aliphatic rings. The Morgan fingerprint density at radius 3 is 2.40 bits per heavy atom. The van der Waals surface area contributed by atoms with Gasteiger partial charge in [0.05, 0.1) is 0 Å². The van der Waals surface area contributed by atoms with Crippen molar-refractivity contribution in [2.24, 2.45) is 0 Å². The number of H-pyrrole nitrogens is 1. The number of hydrogen-bond donors (Lipinski definition) is 1. The highest BCUT2D eigenvalue weighted by molar-refractivity contribution is 5.80. The quantitative estimate of drug-likeness (QED) is 0.563. The van der Waals surface area contributed by atoms with Gasteiger partial charge in [-0.05, 0) is 36.5 Å². The van der Waals surface area contributed by atoms with Crippen molar-refractivity contribution >= 4 is 16.7 Å². The molecule has 0 spiro atoms. The molecule has 0 aromatic carbocycles. The Bertz CT molecular complexity index is 906. The topological polar surface area (TPSA) is 44.8 Å². The van der Waals surface area contributed by atoms with Crippen LogP contribution in [-0.2, 0) is 0 Å². The molecule has 4 heterocycles. The van der Waals surface area contributed by atoms with Gasteiger partial charge in [0.2, 0.25) is 11.6 Å². The first-order valence-corrected chi connectivity index (χ1v) is 7.93. The van der Waals surface area contributed by atoms with Crippen LogP contribution >= 0.6 is 0 Å². The maximum atomic E-state index is 13.9. The predicted octanol–water partition coefficient (Wildman–Crippen LogP) is 3.90. The van der Waals surface area contributed by atoms with E-state index in [1.54, 1.807) is 6.20 Å². The molecule has 25 heavy (non-hydrogen) atoms. The zero-order valence-electron chi connectivity index (χ0n) is 13.1. The van der Waals surface area contributed by atoms with Gasteiger partial charge in [0.15, 0.2) is 0 Å². The number of aromatic amines is 1. The highest BCUT2D eigenvalue weighted by Gasteiger charge is 2.29. The number of nitrogens with one attached hydrogen (secondary N) is 1. The number of hydrogen-bond acceptors (Lipinski definition) is 3. The standard InChI is InChI=1S/C17H14F4N4/c18-12-14(13(19)16(21)24-15(12)20)25-6-3-9(4-7-25)11-8-23-17-10(11)2-1-5-22-17/h1-2,5,8-9H,3-4,6-7H2,(H,22,23). The maximum absolute atomic E-state index is 13.9. The van der Waals surface area contributed by atoms with Crippen LogP contribution in [0.25, 0.3) is 11.0 Å². The summed E-state index contributed by atoms with van der Waals surface area (Å²) in [5.41, 5.74) is 1.20. The summed E-state index contributed by atoms with van der Waals surface area (Å²) in [6, 6.07) is 3.82. The fourth-order valence-electron chi connectivity index (χ4n) is 3.48. The monoisotopic (exact) mass is 350 g/mol. The molecular weight excluding hydrogens is 336 g/mol. The Labute approximate surface area is 140 Å². The first kappa shape index (κ1) is 15.9. The predicted molar refractivity (Wildman–Crippen MR) is 84.4 cm³/mol. The second-order valence-corrected chi connectivity index (χ2v) is 6.07. The zero-order valence-corrected chi connectivity index (χ0v) is 13.1. The van der Waals surface area contributed by atoms with Crippen molar-refractivity contribution in [2.75, 3.05) is 18.0 Å². The molecule has 8 heteroatoms. The van der Waals surface area contributed by atoms with Gasteiger partial charge in [0.25, 0.3) is 11.9 Å². The Kier molecular flexibility index (Phi) is 3.82. The molecule has 1 saturated heterocycles. The van der Waals surface area contributed by atoms with E-state index >= 15 is 0 Å². The van der Waals surface area contributed by atoms with E-state index in [4.69, 9.17) is 0 Å². The number of rotatable bonds is 2. The van der Waals surface area contributed by atoms with E-state index in [9.17, 15) is 17.6 Å². The second-order valence-electron chi connectivity index (χ2n) is 6.07. The summed E-state index contributed by atoms with van der Waals surface area (Å²) in [5.74, 6) is -5.98. The van der Waals surface area contributed by atoms with Gasteiger partial charge in [-0.1, -0.05) is 0 Å². The summed E-state index contributed by atoms with van der Waals surface area (Å²) >= 11 is 0. The third-order valence-electron chi connectivity index (χ3n) is 4.71. The van der Waals surface area contributed by atoms with Gasteiger partial charge in [0.1, 0.15) is 11.3 Å². The molecule has 3 aromatic rings. The Morgan fingerprint density at radius 1 is 1.04 bits per heavy atom. The average molecular weight is 350 g/mol. The first-order chi connectivity index (χ1) is 12.1. The summed E-state index contributed by atoms with van der Waals surface area (Å²) in [6.07, 6.45) is 4.80. The van der Waals surface area contributed by atoms with Crippen molar-refractivity contribution < 1.29 is 17.6 Å². The van der Waals surface area contributed by atoms with Crippen LogP contribution in [0, 0.1) is 23.5 Å². The van der Waals surface area contributed by atoms with Gasteiger partial charge in [-0.25, -0.2) is 4.98 Å². The normalized spacial score (nSPS) is 15.9. The van der Waals surface area contributed by atoms with Crippen molar-refractivity contribution in [3.05, 3.63) is 53.6 Å². The van der Waals surface area contributed by atoms with E-state index in [0.29, 0.717) is 12.8 Å². The van der Waals surface area contributed by atoms with Crippen molar-refractivity contribution in [3.8, 4) is 0 Å². The number of anilines is 1. The minimum atomic E-state index is -1.63. The maximum Gasteiger partial charge on any atom is 0.253 e. The fraction of sp³-hybridized carbons (Fsp3) is 0.294. The van der Waals surface area contributed by atoms with E-state index in [-0.39, 0.29) is 19.0 Å². The number of halogens is 4. The van der Waals surface area contributed by atoms with Crippen molar-refractivity contribution in [1.29, 1.82) is 0 Å². The van der Waals surface area contributed by atoms with E-state index in [2.05, 4.69) is 15.0 Å². The van der Waals surface area contributed by atoms with E-state index in [1.165, 1.54) is 4.90 Å². The molecule has 4 nitrogen and oxygen atoms in total. The third kappa shape index (κ3) is 2.61. The van der Waals surface area contributed by atoms with Crippen molar-refractivity contribution in [1.82, 2.24) is 15.0 Å². The number of aromatic nitrogens is 3. The van der Waals surface area contributed by atoms with Gasteiger partial charge in [-0.3, -0.25) is 0 Å². The molecule has 0 unspecified atom stereocenters. The lowest BCUT2D eigenvalue weighted by atomic mass is 9.89. The minimum absolute atomic E-state index is 0.178. The first-order valence-electron chi connectivity index (χ1n) is 7.93. The average Bonchev–Trinajstić information content (AvgIpc) is 3.05. The summed E-state index contributed by atoms with van der Waals surface area (Å²) in [7, 11) is 0. The van der Waals surface area contributed by atoms with E-state index in [1.807, 2.05) is 18.3 Å². The van der Waals surface area contributed by atoms with Crippen LogP contribution in [0.5, 0.6) is 0 Å². The summed E-state index contributed by atoms with van der Waals surface area (Å²) in [5, 5.41) is 1.01. The van der Waals surface area contributed by atoms with Gasteiger partial charge < -0.3 is 9.88 Å². The highest BCUT2D eigenvalue weighted by atomic mass is 19.2. The lowest BCUT2D eigenvalue weighted by molar-refractivity contribution is 0.399. The SMILES string of the molecule is Fc1nc(F)c(F)c(N2CCC(c3c[nH]c4ncccc34)CC2)c1F. The minimum Gasteiger partial charge on any atom is -0.366 e. The molecule has 0 saturated carbocycles. The van der Waals surface area contributed by atoms with Crippen LogP contribution in [0.4, 0.5) is 23.2 Å². The van der Waals surface area contributed by atoms with Crippen LogP contribution in [0.1, 0.15) is 24.3 Å². The molecule has 1 aliphatic heterocycles. The summed E-state index contributed by atoms with van der Waals surface area (Å²) < 4.78 is 54.5. The number of piperidine rings is 1. The van der Waals surface area contributed by atoms with Gasteiger partial charge in [0, 0.05) is 30.9 Å². The second kappa shape index (κ2) is 6.02. The largest absolute Gasteiger partial charge is 0.366 e. The molecule has 4 rings (SSSR count). The summed E-state index contributed by atoms with van der Waals surface area (Å²) in [4.78, 5) is 11.3. The fourth-order valence-corrected chi connectivity index (χ4v) is 3.48. The molecule has 0 bridgehead atoms. The molecule has 0 aliphatic carbocycles. The van der Waals surface area contributed by atoms with E-state index < -0.39 is 29.2 Å².